The number of carbonyl (C=O) groups excluding carboxylic acids is 1. The molecule has 1 aliphatic rings. The van der Waals surface area contributed by atoms with Crippen molar-refractivity contribution in [2.24, 2.45) is 0 Å². The fourth-order valence-corrected chi connectivity index (χ4v) is 6.83. The number of aryl methyl sites for hydroxylation is 1. The van der Waals surface area contributed by atoms with Crippen LogP contribution in [0.3, 0.4) is 0 Å². The minimum atomic E-state index is -3.42. The third kappa shape index (κ3) is 5.28. The molecule has 0 aliphatic carbocycles. The predicted octanol–water partition coefficient (Wildman–Crippen LogP) is 3.56. The maximum Gasteiger partial charge on any atom is 0.252 e. The highest BCUT2D eigenvalue weighted by Gasteiger charge is 2.28. The lowest BCUT2D eigenvalue weighted by atomic mass is 10.1. The van der Waals surface area contributed by atoms with Gasteiger partial charge in [0.2, 0.25) is 5.91 Å². The summed E-state index contributed by atoms with van der Waals surface area (Å²) in [7, 11) is -1.63. The van der Waals surface area contributed by atoms with Crippen molar-refractivity contribution in [3.63, 3.8) is 0 Å². The monoisotopic (exact) mass is 472 g/mol. The lowest BCUT2D eigenvalue weighted by Gasteiger charge is -2.16. The SMILES string of the molecule is CN(CCCc1cc(-c2ccccc2)n[nH]1)C(=O)Cc1ccc(S(=O)(=O)N2CCCC2)s1. The van der Waals surface area contributed by atoms with Crippen LogP contribution in [-0.2, 0) is 27.7 Å². The lowest BCUT2D eigenvalue weighted by molar-refractivity contribution is -0.129. The molecule has 1 saturated heterocycles. The van der Waals surface area contributed by atoms with E-state index in [0.717, 1.165) is 47.5 Å². The summed E-state index contributed by atoms with van der Waals surface area (Å²) in [6, 6.07) is 15.4. The fraction of sp³-hybridized carbons (Fsp3) is 0.391. The number of nitrogens with one attached hydrogen (secondary N) is 1. The number of rotatable bonds is 9. The van der Waals surface area contributed by atoms with Crippen LogP contribution >= 0.6 is 11.3 Å². The van der Waals surface area contributed by atoms with Crippen LogP contribution < -0.4 is 0 Å². The molecule has 7 nitrogen and oxygen atoms in total. The molecule has 3 heterocycles. The van der Waals surface area contributed by atoms with Crippen LogP contribution in [0.4, 0.5) is 0 Å². The Morgan fingerprint density at radius 2 is 1.91 bits per heavy atom. The molecule has 0 unspecified atom stereocenters. The van der Waals surface area contributed by atoms with Crippen LogP contribution in [0.15, 0.2) is 52.7 Å². The van der Waals surface area contributed by atoms with Crippen molar-refractivity contribution < 1.29 is 13.2 Å². The number of aromatic amines is 1. The summed E-state index contributed by atoms with van der Waals surface area (Å²) in [5, 5.41) is 7.44. The number of hydrogen-bond acceptors (Lipinski definition) is 5. The van der Waals surface area contributed by atoms with Crippen molar-refractivity contribution in [1.29, 1.82) is 0 Å². The van der Waals surface area contributed by atoms with Crippen molar-refractivity contribution in [3.8, 4) is 11.3 Å². The molecule has 0 bridgehead atoms. The Balaban J connectivity index is 1.26. The van der Waals surface area contributed by atoms with E-state index in [4.69, 9.17) is 0 Å². The maximum atomic E-state index is 12.7. The van der Waals surface area contributed by atoms with Gasteiger partial charge in [0.05, 0.1) is 12.1 Å². The van der Waals surface area contributed by atoms with E-state index < -0.39 is 10.0 Å². The van der Waals surface area contributed by atoms with E-state index in [1.165, 1.54) is 15.6 Å². The van der Waals surface area contributed by atoms with Crippen LogP contribution in [0.25, 0.3) is 11.3 Å². The average molecular weight is 473 g/mol. The van der Waals surface area contributed by atoms with Gasteiger partial charge < -0.3 is 4.90 Å². The molecule has 2 aromatic heterocycles. The Hall–Kier alpha value is -2.49. The third-order valence-electron chi connectivity index (χ3n) is 5.69. The number of benzene rings is 1. The van der Waals surface area contributed by atoms with Crippen LogP contribution in [0, 0.1) is 0 Å². The van der Waals surface area contributed by atoms with Gasteiger partial charge in [-0.3, -0.25) is 9.89 Å². The topological polar surface area (TPSA) is 86.4 Å². The summed E-state index contributed by atoms with van der Waals surface area (Å²) in [6.45, 7) is 1.80. The van der Waals surface area contributed by atoms with Gasteiger partial charge in [0.15, 0.2) is 0 Å². The highest BCUT2D eigenvalue weighted by molar-refractivity contribution is 7.91. The van der Waals surface area contributed by atoms with Crippen LogP contribution in [0.5, 0.6) is 0 Å². The summed E-state index contributed by atoms with van der Waals surface area (Å²) in [6.07, 6.45) is 3.66. The van der Waals surface area contributed by atoms with Gasteiger partial charge in [0.1, 0.15) is 4.21 Å². The second-order valence-corrected chi connectivity index (χ2v) is 11.4. The van der Waals surface area contributed by atoms with Crippen LogP contribution in [0.1, 0.15) is 29.8 Å². The van der Waals surface area contributed by atoms with Gasteiger partial charge in [0.25, 0.3) is 10.0 Å². The molecule has 0 radical (unpaired) electrons. The second-order valence-electron chi connectivity index (χ2n) is 8.07. The normalized spacial score (nSPS) is 14.7. The Morgan fingerprint density at radius 1 is 1.16 bits per heavy atom. The maximum absolute atomic E-state index is 12.7. The lowest BCUT2D eigenvalue weighted by Crippen LogP contribution is -2.29. The number of thiophene rings is 1. The number of amides is 1. The highest BCUT2D eigenvalue weighted by Crippen LogP contribution is 2.27. The molecule has 1 aliphatic heterocycles. The summed E-state index contributed by atoms with van der Waals surface area (Å²) in [5.41, 5.74) is 3.03. The molecular formula is C23H28N4O3S2. The second kappa shape index (κ2) is 9.97. The van der Waals surface area contributed by atoms with E-state index in [2.05, 4.69) is 10.2 Å². The number of hydrogen-bond donors (Lipinski definition) is 1. The molecule has 9 heteroatoms. The standard InChI is InChI=1S/C23H28N4O3S2/c1-26(13-7-10-19-16-21(25-24-19)18-8-3-2-4-9-18)22(28)17-20-11-12-23(31-20)32(29,30)27-14-5-6-15-27/h2-4,8-9,11-12,16H,5-7,10,13-15,17H2,1H3,(H,24,25). The summed E-state index contributed by atoms with van der Waals surface area (Å²) < 4.78 is 27.2. The molecular weight excluding hydrogens is 444 g/mol. The summed E-state index contributed by atoms with van der Waals surface area (Å²) in [5.74, 6) is -0.00782. The first kappa shape index (κ1) is 22.7. The van der Waals surface area contributed by atoms with Gasteiger partial charge in [-0.25, -0.2) is 8.42 Å². The fourth-order valence-electron chi connectivity index (χ4n) is 3.81. The molecule has 4 rings (SSSR count). The molecule has 3 aromatic rings. The molecule has 0 saturated carbocycles. The van der Waals surface area contributed by atoms with E-state index in [0.29, 0.717) is 23.8 Å². The first-order valence-corrected chi connectivity index (χ1v) is 13.1. The van der Waals surface area contributed by atoms with Crippen molar-refractivity contribution >= 4 is 27.3 Å². The van der Waals surface area contributed by atoms with Gasteiger partial charge in [-0.1, -0.05) is 30.3 Å². The summed E-state index contributed by atoms with van der Waals surface area (Å²) in [4.78, 5) is 15.1. The van der Waals surface area contributed by atoms with Crippen molar-refractivity contribution in [1.82, 2.24) is 19.4 Å². The minimum Gasteiger partial charge on any atom is -0.345 e. The highest BCUT2D eigenvalue weighted by atomic mass is 32.2. The molecule has 1 aromatic carbocycles. The quantitative estimate of drug-likeness (QED) is 0.516. The van der Waals surface area contributed by atoms with Crippen LogP contribution in [-0.4, -0.2) is 60.4 Å². The van der Waals surface area contributed by atoms with E-state index in [9.17, 15) is 13.2 Å². The molecule has 1 amide bonds. The molecule has 1 N–H and O–H groups in total. The Bertz CT molecular complexity index is 1150. The van der Waals surface area contributed by atoms with Gasteiger partial charge >= 0.3 is 0 Å². The first-order valence-electron chi connectivity index (χ1n) is 10.9. The zero-order valence-electron chi connectivity index (χ0n) is 18.2. The number of carbonyl (C=O) groups is 1. The first-order chi connectivity index (χ1) is 15.4. The molecule has 170 valence electrons. The Morgan fingerprint density at radius 3 is 2.66 bits per heavy atom. The summed E-state index contributed by atoms with van der Waals surface area (Å²) >= 11 is 1.20. The predicted molar refractivity (Wildman–Crippen MR) is 126 cm³/mol. The third-order valence-corrected chi connectivity index (χ3v) is 9.14. The number of sulfonamides is 1. The van der Waals surface area contributed by atoms with Crippen molar-refractivity contribution in [3.05, 3.63) is 59.1 Å². The molecule has 1 fully saturated rings. The minimum absolute atomic E-state index is 0.00782. The van der Waals surface area contributed by atoms with Crippen molar-refractivity contribution in [2.75, 3.05) is 26.7 Å². The Kier molecular flexibility index (Phi) is 7.07. The number of H-pyrrole nitrogens is 1. The Labute approximate surface area is 193 Å². The van der Waals surface area contributed by atoms with E-state index >= 15 is 0 Å². The smallest absolute Gasteiger partial charge is 0.252 e. The van der Waals surface area contributed by atoms with Gasteiger partial charge in [-0.15, -0.1) is 11.3 Å². The molecule has 0 atom stereocenters. The zero-order chi connectivity index (χ0) is 22.6. The van der Waals surface area contributed by atoms with E-state index in [1.54, 1.807) is 24.1 Å². The number of aromatic nitrogens is 2. The van der Waals surface area contributed by atoms with E-state index in [-0.39, 0.29) is 12.3 Å². The number of likely N-dealkylation sites (N-methyl/N-ethyl adjacent to an activating group) is 1. The average Bonchev–Trinajstić information content (AvgIpc) is 3.56. The largest absolute Gasteiger partial charge is 0.345 e. The van der Waals surface area contributed by atoms with Crippen molar-refractivity contribution in [2.45, 2.75) is 36.3 Å². The van der Waals surface area contributed by atoms with Gasteiger partial charge in [-0.2, -0.15) is 9.40 Å². The molecule has 0 spiro atoms. The van der Waals surface area contributed by atoms with Gasteiger partial charge in [-0.05, 0) is 43.9 Å². The van der Waals surface area contributed by atoms with Gasteiger partial charge in [0, 0.05) is 42.8 Å². The van der Waals surface area contributed by atoms with E-state index in [1.807, 2.05) is 36.4 Å². The number of nitrogens with zero attached hydrogens (tertiary/aromatic N) is 3. The van der Waals surface area contributed by atoms with Crippen LogP contribution in [0.2, 0.25) is 0 Å². The molecule has 32 heavy (non-hydrogen) atoms. The zero-order valence-corrected chi connectivity index (χ0v) is 19.8.